The van der Waals surface area contributed by atoms with Gasteiger partial charge in [0.05, 0.1) is 4.92 Å². The Morgan fingerprint density at radius 1 is 1.56 bits per heavy atom. The van der Waals surface area contributed by atoms with Gasteiger partial charge in [0.15, 0.2) is 0 Å². The molecule has 6 nitrogen and oxygen atoms in total. The zero-order valence-corrected chi connectivity index (χ0v) is 10.1. The van der Waals surface area contributed by atoms with E-state index in [1.807, 2.05) is 13.8 Å². The minimum absolute atomic E-state index is 0.00824. The van der Waals surface area contributed by atoms with E-state index >= 15 is 0 Å². The molecule has 0 aliphatic heterocycles. The van der Waals surface area contributed by atoms with Crippen molar-refractivity contribution in [2.75, 3.05) is 5.32 Å². The number of hydrogen-bond donors (Lipinski definition) is 1. The fraction of sp³-hybridized carbons (Fsp3) is 0.556. The summed E-state index contributed by atoms with van der Waals surface area (Å²) in [7, 11) is 0. The lowest BCUT2D eigenvalue weighted by Crippen LogP contribution is -2.16. The van der Waals surface area contributed by atoms with Crippen LogP contribution in [0.15, 0.2) is 0 Å². The molecule has 0 fully saturated rings. The summed E-state index contributed by atoms with van der Waals surface area (Å²) >= 11 is 5.67. The monoisotopic (exact) mass is 244 g/mol. The van der Waals surface area contributed by atoms with Gasteiger partial charge in [-0.25, -0.2) is 4.98 Å². The molecule has 0 spiro atoms. The minimum atomic E-state index is -0.504. The van der Waals surface area contributed by atoms with E-state index in [0.717, 1.165) is 6.42 Å². The van der Waals surface area contributed by atoms with Crippen molar-refractivity contribution in [1.29, 1.82) is 0 Å². The molecule has 0 radical (unpaired) electrons. The lowest BCUT2D eigenvalue weighted by atomic mass is 10.2. The van der Waals surface area contributed by atoms with Crippen LogP contribution in [0.3, 0.4) is 0 Å². The molecule has 0 amide bonds. The molecule has 1 N–H and O–H groups in total. The number of aryl methyl sites for hydroxylation is 1. The molecule has 0 aliphatic rings. The first-order valence-corrected chi connectivity index (χ1v) is 5.28. The molecular weight excluding hydrogens is 232 g/mol. The van der Waals surface area contributed by atoms with Crippen molar-refractivity contribution in [3.05, 3.63) is 21.1 Å². The van der Waals surface area contributed by atoms with E-state index < -0.39 is 4.92 Å². The summed E-state index contributed by atoms with van der Waals surface area (Å²) in [5.41, 5.74) is 0.139. The van der Waals surface area contributed by atoms with Gasteiger partial charge in [0.1, 0.15) is 5.69 Å². The number of hydrogen-bond acceptors (Lipinski definition) is 5. The predicted molar refractivity (Wildman–Crippen MR) is 61.8 cm³/mol. The van der Waals surface area contributed by atoms with Crippen LogP contribution in [0.1, 0.15) is 26.0 Å². The fourth-order valence-corrected chi connectivity index (χ4v) is 1.40. The average Bonchev–Trinajstić information content (AvgIpc) is 2.15. The number of nitrogens with one attached hydrogen (secondary N) is 1. The number of rotatable bonds is 4. The maximum absolute atomic E-state index is 10.9. The molecule has 0 unspecified atom stereocenters. The Morgan fingerprint density at radius 2 is 2.19 bits per heavy atom. The third-order valence-electron chi connectivity index (χ3n) is 2.21. The van der Waals surface area contributed by atoms with Crippen molar-refractivity contribution in [2.45, 2.75) is 33.2 Å². The van der Waals surface area contributed by atoms with E-state index in [4.69, 9.17) is 11.6 Å². The highest BCUT2D eigenvalue weighted by Gasteiger charge is 2.22. The van der Waals surface area contributed by atoms with Crippen LogP contribution in [-0.4, -0.2) is 20.9 Å². The molecule has 1 rings (SSSR count). The van der Waals surface area contributed by atoms with Crippen molar-refractivity contribution in [1.82, 2.24) is 9.97 Å². The van der Waals surface area contributed by atoms with Gasteiger partial charge in [0.2, 0.25) is 11.1 Å². The summed E-state index contributed by atoms with van der Waals surface area (Å²) in [5, 5.41) is 13.8. The van der Waals surface area contributed by atoms with Gasteiger partial charge in [-0.15, -0.1) is 0 Å². The van der Waals surface area contributed by atoms with Crippen molar-refractivity contribution in [3.8, 4) is 0 Å². The number of halogens is 1. The van der Waals surface area contributed by atoms with Crippen LogP contribution in [0, 0.1) is 17.0 Å². The van der Waals surface area contributed by atoms with Crippen LogP contribution in [0.5, 0.6) is 0 Å². The Labute approximate surface area is 98.2 Å². The quantitative estimate of drug-likeness (QED) is 0.500. The summed E-state index contributed by atoms with van der Waals surface area (Å²) < 4.78 is 0. The molecule has 0 aromatic carbocycles. The van der Waals surface area contributed by atoms with Gasteiger partial charge in [0, 0.05) is 6.04 Å². The van der Waals surface area contributed by atoms with E-state index in [1.165, 1.54) is 6.92 Å². The topological polar surface area (TPSA) is 81.0 Å². The first kappa shape index (κ1) is 12.6. The highest BCUT2D eigenvalue weighted by atomic mass is 35.5. The standard InChI is InChI=1S/C9H13ClN4O2/c1-4-5(2)11-8-7(14(15)16)6(3)12-9(10)13-8/h5H,4H2,1-3H3,(H,11,12,13)/t5-/m0/s1. The molecule has 0 saturated carbocycles. The normalized spacial score (nSPS) is 12.2. The molecule has 1 aromatic heterocycles. The van der Waals surface area contributed by atoms with Gasteiger partial charge in [-0.2, -0.15) is 4.98 Å². The van der Waals surface area contributed by atoms with Crippen molar-refractivity contribution >= 4 is 23.1 Å². The van der Waals surface area contributed by atoms with Crippen LogP contribution in [0.25, 0.3) is 0 Å². The second-order valence-electron chi connectivity index (χ2n) is 3.49. The second-order valence-corrected chi connectivity index (χ2v) is 3.82. The lowest BCUT2D eigenvalue weighted by Gasteiger charge is -2.12. The number of nitrogens with zero attached hydrogens (tertiary/aromatic N) is 3. The molecule has 1 atom stereocenters. The van der Waals surface area contributed by atoms with Gasteiger partial charge >= 0.3 is 5.69 Å². The molecule has 1 heterocycles. The number of nitro groups is 1. The molecule has 88 valence electrons. The highest BCUT2D eigenvalue weighted by Crippen LogP contribution is 2.27. The van der Waals surface area contributed by atoms with E-state index in [2.05, 4.69) is 15.3 Å². The number of anilines is 1. The molecule has 0 saturated heterocycles. The second kappa shape index (κ2) is 5.07. The van der Waals surface area contributed by atoms with Crippen LogP contribution in [-0.2, 0) is 0 Å². The summed E-state index contributed by atoms with van der Waals surface area (Å²) in [4.78, 5) is 18.0. The van der Waals surface area contributed by atoms with Crippen LogP contribution < -0.4 is 5.32 Å². The first-order valence-electron chi connectivity index (χ1n) is 4.90. The molecule has 0 aliphatic carbocycles. The minimum Gasteiger partial charge on any atom is -0.362 e. The Hall–Kier alpha value is -1.43. The SMILES string of the molecule is CC[C@H](C)Nc1nc(Cl)nc(C)c1[N+](=O)[O-]. The zero-order chi connectivity index (χ0) is 12.3. The third-order valence-corrected chi connectivity index (χ3v) is 2.38. The molecule has 0 bridgehead atoms. The van der Waals surface area contributed by atoms with Crippen molar-refractivity contribution in [3.63, 3.8) is 0 Å². The maximum atomic E-state index is 10.9. The number of aromatic nitrogens is 2. The van der Waals surface area contributed by atoms with E-state index in [9.17, 15) is 10.1 Å². The van der Waals surface area contributed by atoms with Crippen molar-refractivity contribution in [2.24, 2.45) is 0 Å². The maximum Gasteiger partial charge on any atom is 0.332 e. The average molecular weight is 245 g/mol. The van der Waals surface area contributed by atoms with Gasteiger partial charge in [-0.3, -0.25) is 10.1 Å². The first-order chi connectivity index (χ1) is 7.45. The molecule has 16 heavy (non-hydrogen) atoms. The van der Waals surface area contributed by atoms with Crippen molar-refractivity contribution < 1.29 is 4.92 Å². The van der Waals surface area contributed by atoms with Crippen LogP contribution in [0.2, 0.25) is 5.28 Å². The van der Waals surface area contributed by atoms with E-state index in [-0.39, 0.29) is 28.5 Å². The summed E-state index contributed by atoms with van der Waals surface area (Å²) in [6, 6.07) is 0.0871. The van der Waals surface area contributed by atoms with E-state index in [1.54, 1.807) is 0 Å². The molecule has 7 heteroatoms. The Kier molecular flexibility index (Phi) is 4.00. The third kappa shape index (κ3) is 2.79. The van der Waals surface area contributed by atoms with Crippen LogP contribution >= 0.6 is 11.6 Å². The van der Waals surface area contributed by atoms with Crippen LogP contribution in [0.4, 0.5) is 11.5 Å². The largest absolute Gasteiger partial charge is 0.362 e. The molecule has 1 aromatic rings. The predicted octanol–water partition coefficient (Wildman–Crippen LogP) is 2.56. The lowest BCUT2D eigenvalue weighted by molar-refractivity contribution is -0.385. The van der Waals surface area contributed by atoms with Gasteiger partial charge in [-0.1, -0.05) is 6.92 Å². The fourth-order valence-electron chi connectivity index (χ4n) is 1.19. The Morgan fingerprint density at radius 3 is 2.69 bits per heavy atom. The highest BCUT2D eigenvalue weighted by molar-refractivity contribution is 6.28. The summed E-state index contributed by atoms with van der Waals surface area (Å²) in [6.45, 7) is 5.42. The Balaban J connectivity index is 3.19. The van der Waals surface area contributed by atoms with Gasteiger partial charge in [-0.05, 0) is 31.9 Å². The zero-order valence-electron chi connectivity index (χ0n) is 9.32. The van der Waals surface area contributed by atoms with Gasteiger partial charge < -0.3 is 5.32 Å². The summed E-state index contributed by atoms with van der Waals surface area (Å²) in [6.07, 6.45) is 0.831. The van der Waals surface area contributed by atoms with E-state index in [0.29, 0.717) is 0 Å². The summed E-state index contributed by atoms with van der Waals surface area (Å²) in [5.74, 6) is 0.178. The Bertz CT molecular complexity index is 411. The molecular formula is C9H13ClN4O2. The smallest absolute Gasteiger partial charge is 0.332 e. The van der Waals surface area contributed by atoms with Gasteiger partial charge in [0.25, 0.3) is 0 Å².